The van der Waals surface area contributed by atoms with Crippen molar-refractivity contribution in [3.63, 3.8) is 0 Å². The van der Waals surface area contributed by atoms with Crippen molar-refractivity contribution >= 4 is 33.5 Å². The first kappa shape index (κ1) is 22.5. The second kappa shape index (κ2) is 9.26. The Morgan fingerprint density at radius 2 is 1.97 bits per heavy atom. The molecule has 1 unspecified atom stereocenters. The monoisotopic (exact) mass is 479 g/mol. The maximum absolute atomic E-state index is 13.3. The highest BCUT2D eigenvalue weighted by Gasteiger charge is 2.18. The highest BCUT2D eigenvalue weighted by Crippen LogP contribution is 2.29. The number of imidazole rings is 1. The van der Waals surface area contributed by atoms with Gasteiger partial charge < -0.3 is 20.0 Å². The first-order valence-corrected chi connectivity index (χ1v) is 12.4. The van der Waals surface area contributed by atoms with Crippen molar-refractivity contribution in [2.24, 2.45) is 5.73 Å². The van der Waals surface area contributed by atoms with E-state index in [-0.39, 0.29) is 11.9 Å². The van der Waals surface area contributed by atoms with E-state index in [0.717, 1.165) is 71.5 Å². The molecule has 1 aliphatic heterocycles. The lowest BCUT2D eigenvalue weighted by Crippen LogP contribution is -2.42. The molecule has 3 N–H and O–H groups in total. The van der Waals surface area contributed by atoms with Gasteiger partial charge in [0.1, 0.15) is 11.2 Å². The molecule has 36 heavy (non-hydrogen) atoms. The predicted octanol–water partition coefficient (Wildman–Crippen LogP) is 5.26. The van der Waals surface area contributed by atoms with Crippen LogP contribution in [0.2, 0.25) is 0 Å². The second-order valence-corrected chi connectivity index (χ2v) is 9.71. The summed E-state index contributed by atoms with van der Waals surface area (Å²) in [7, 11) is 0. The van der Waals surface area contributed by atoms with Crippen LogP contribution in [-0.2, 0) is 6.54 Å². The highest BCUT2D eigenvalue weighted by molar-refractivity contribution is 6.10. The van der Waals surface area contributed by atoms with Crippen molar-refractivity contribution in [2.75, 3.05) is 18.4 Å². The van der Waals surface area contributed by atoms with Gasteiger partial charge in [0, 0.05) is 53.0 Å². The number of benzene rings is 3. The molecule has 0 saturated carbocycles. The summed E-state index contributed by atoms with van der Waals surface area (Å²) in [6, 6.07) is 19.9. The van der Waals surface area contributed by atoms with E-state index in [0.29, 0.717) is 11.1 Å². The molecule has 0 bridgehead atoms. The molecular formula is C29H29N5O2. The number of rotatable bonds is 5. The fourth-order valence-electron chi connectivity index (χ4n) is 5.11. The molecule has 7 nitrogen and oxygen atoms in total. The van der Waals surface area contributed by atoms with Crippen molar-refractivity contribution in [2.45, 2.75) is 32.4 Å². The van der Waals surface area contributed by atoms with Gasteiger partial charge in [-0.1, -0.05) is 18.2 Å². The summed E-state index contributed by atoms with van der Waals surface area (Å²) in [5, 5.41) is 5.15. The van der Waals surface area contributed by atoms with Crippen molar-refractivity contribution in [1.29, 1.82) is 0 Å². The summed E-state index contributed by atoms with van der Waals surface area (Å²) in [5.74, 6) is -0.178. The number of nitrogens with zero attached hydrogens (tertiary/aromatic N) is 3. The van der Waals surface area contributed by atoms with Gasteiger partial charge in [-0.25, -0.2) is 4.98 Å². The molecule has 2 aromatic heterocycles. The number of hydrogen-bond donors (Lipinski definition) is 2. The van der Waals surface area contributed by atoms with E-state index in [9.17, 15) is 4.79 Å². The summed E-state index contributed by atoms with van der Waals surface area (Å²) in [5.41, 5.74) is 12.0. The Kier molecular flexibility index (Phi) is 5.79. The van der Waals surface area contributed by atoms with Crippen LogP contribution in [0.4, 0.5) is 5.69 Å². The van der Waals surface area contributed by atoms with Gasteiger partial charge in [-0.2, -0.15) is 0 Å². The SMILES string of the molecule is Cc1cn(-c2cc(CN3CCCC(N)C3)cc(NC(=O)c3ccc4c(c3)oc3ccccc34)c2)cn1. The number of para-hydroxylation sites is 1. The fraction of sp³-hybridized carbons (Fsp3) is 0.241. The summed E-state index contributed by atoms with van der Waals surface area (Å²) in [6.07, 6.45) is 5.96. The van der Waals surface area contributed by atoms with Gasteiger partial charge in [-0.05, 0) is 74.3 Å². The van der Waals surface area contributed by atoms with Gasteiger partial charge in [0.15, 0.2) is 0 Å². The van der Waals surface area contributed by atoms with E-state index < -0.39 is 0 Å². The predicted molar refractivity (Wildman–Crippen MR) is 142 cm³/mol. The van der Waals surface area contributed by atoms with Gasteiger partial charge in [-0.3, -0.25) is 9.69 Å². The number of nitrogens with two attached hydrogens (primary N) is 1. The number of amides is 1. The molecule has 0 aliphatic carbocycles. The zero-order valence-corrected chi connectivity index (χ0v) is 20.3. The number of carbonyl (C=O) groups is 1. The molecule has 182 valence electrons. The third-order valence-electron chi connectivity index (χ3n) is 6.83. The molecule has 1 fully saturated rings. The van der Waals surface area contributed by atoms with E-state index in [1.807, 2.05) is 72.3 Å². The number of piperidine rings is 1. The van der Waals surface area contributed by atoms with Crippen molar-refractivity contribution < 1.29 is 9.21 Å². The van der Waals surface area contributed by atoms with Crippen LogP contribution in [0.5, 0.6) is 0 Å². The van der Waals surface area contributed by atoms with Gasteiger partial charge in [0.25, 0.3) is 5.91 Å². The van der Waals surface area contributed by atoms with E-state index in [2.05, 4.69) is 21.3 Å². The molecule has 1 amide bonds. The Bertz CT molecular complexity index is 1570. The topological polar surface area (TPSA) is 89.3 Å². The van der Waals surface area contributed by atoms with Crippen LogP contribution >= 0.6 is 0 Å². The minimum Gasteiger partial charge on any atom is -0.456 e. The largest absolute Gasteiger partial charge is 0.456 e. The second-order valence-electron chi connectivity index (χ2n) is 9.71. The average Bonchev–Trinajstić information content (AvgIpc) is 3.47. The Hall–Kier alpha value is -3.94. The Morgan fingerprint density at radius 1 is 1.11 bits per heavy atom. The van der Waals surface area contributed by atoms with E-state index in [1.165, 1.54) is 0 Å². The normalized spacial score (nSPS) is 16.6. The number of aromatic nitrogens is 2. The lowest BCUT2D eigenvalue weighted by atomic mass is 10.0. The van der Waals surface area contributed by atoms with Crippen molar-refractivity contribution in [1.82, 2.24) is 14.5 Å². The number of hydrogen-bond acceptors (Lipinski definition) is 5. The number of aryl methyl sites for hydroxylation is 1. The first-order chi connectivity index (χ1) is 17.5. The van der Waals surface area contributed by atoms with Gasteiger partial charge >= 0.3 is 0 Å². The summed E-state index contributed by atoms with van der Waals surface area (Å²) in [6.45, 7) is 4.66. The third kappa shape index (κ3) is 4.51. The van der Waals surface area contributed by atoms with Crippen LogP contribution in [0.3, 0.4) is 0 Å². The molecule has 6 rings (SSSR count). The molecule has 3 aromatic carbocycles. The molecule has 1 saturated heterocycles. The highest BCUT2D eigenvalue weighted by atomic mass is 16.3. The minimum atomic E-state index is -0.178. The standard InChI is InChI=1S/C29H29N5O2/c1-19-15-34(18-31-19)24-12-20(16-33-10-4-5-22(30)17-33)11-23(14-24)32-29(35)21-8-9-26-25-6-2-3-7-27(25)36-28(26)13-21/h2-3,6-9,11-15,18,22H,4-5,10,16-17,30H2,1H3,(H,32,35). The maximum atomic E-state index is 13.3. The molecular weight excluding hydrogens is 450 g/mol. The quantitative estimate of drug-likeness (QED) is 0.359. The van der Waals surface area contributed by atoms with Crippen LogP contribution in [-0.4, -0.2) is 39.5 Å². The van der Waals surface area contributed by atoms with E-state index in [4.69, 9.17) is 10.2 Å². The number of anilines is 1. The molecule has 5 aromatic rings. The van der Waals surface area contributed by atoms with Gasteiger partial charge in [0.05, 0.1) is 12.0 Å². The first-order valence-electron chi connectivity index (χ1n) is 12.4. The number of furan rings is 1. The lowest BCUT2D eigenvalue weighted by Gasteiger charge is -2.30. The number of carbonyl (C=O) groups excluding carboxylic acids is 1. The summed E-state index contributed by atoms with van der Waals surface area (Å²) in [4.78, 5) is 20.0. The van der Waals surface area contributed by atoms with Crippen molar-refractivity contribution in [3.8, 4) is 5.69 Å². The molecule has 1 atom stereocenters. The van der Waals surface area contributed by atoms with Gasteiger partial charge in [-0.15, -0.1) is 0 Å². The summed E-state index contributed by atoms with van der Waals surface area (Å²) >= 11 is 0. The molecule has 0 spiro atoms. The lowest BCUT2D eigenvalue weighted by molar-refractivity contribution is 0.102. The molecule has 3 heterocycles. The van der Waals surface area contributed by atoms with Crippen LogP contribution in [0, 0.1) is 6.92 Å². The Balaban J connectivity index is 1.30. The van der Waals surface area contributed by atoms with Crippen LogP contribution in [0.1, 0.15) is 34.5 Å². The number of likely N-dealkylation sites (tertiary alicyclic amines) is 1. The van der Waals surface area contributed by atoms with E-state index >= 15 is 0 Å². The molecule has 1 aliphatic rings. The smallest absolute Gasteiger partial charge is 0.255 e. The Labute approximate surface area is 209 Å². The minimum absolute atomic E-state index is 0.178. The van der Waals surface area contributed by atoms with Crippen molar-refractivity contribution in [3.05, 3.63) is 90.0 Å². The van der Waals surface area contributed by atoms with Crippen LogP contribution < -0.4 is 11.1 Å². The van der Waals surface area contributed by atoms with Crippen LogP contribution in [0.15, 0.2) is 77.6 Å². The summed E-state index contributed by atoms with van der Waals surface area (Å²) < 4.78 is 7.96. The van der Waals surface area contributed by atoms with Gasteiger partial charge in [0.2, 0.25) is 0 Å². The zero-order chi connectivity index (χ0) is 24.6. The number of nitrogens with one attached hydrogen (secondary N) is 1. The average molecular weight is 480 g/mol. The fourth-order valence-corrected chi connectivity index (χ4v) is 5.11. The zero-order valence-electron chi connectivity index (χ0n) is 20.3. The molecule has 0 radical (unpaired) electrons. The molecule has 7 heteroatoms. The third-order valence-corrected chi connectivity index (χ3v) is 6.83. The van der Waals surface area contributed by atoms with Crippen LogP contribution in [0.25, 0.3) is 27.6 Å². The Morgan fingerprint density at radius 3 is 2.81 bits per heavy atom. The number of fused-ring (bicyclic) bond motifs is 3. The van der Waals surface area contributed by atoms with E-state index in [1.54, 1.807) is 6.33 Å². The maximum Gasteiger partial charge on any atom is 0.255 e.